The third-order valence-electron chi connectivity index (χ3n) is 4.23. The number of carbonyl (C=O) groups excluding carboxylic acids is 2. The Kier molecular flexibility index (Phi) is 5.53. The van der Waals surface area contributed by atoms with Crippen LogP contribution in [-0.2, 0) is 17.6 Å². The zero-order valence-electron chi connectivity index (χ0n) is 14.3. The Morgan fingerprint density at radius 1 is 1.19 bits per heavy atom. The fourth-order valence-corrected chi connectivity index (χ4v) is 4.59. The average molecular weight is 390 g/mol. The van der Waals surface area contributed by atoms with E-state index in [-0.39, 0.29) is 11.1 Å². The van der Waals surface area contributed by atoms with E-state index in [1.807, 2.05) is 0 Å². The molecule has 4 N–H and O–H groups in total. The molecule has 0 aliphatic heterocycles. The fraction of sp³-hybridized carbons (Fsp3) is 0.278. The van der Waals surface area contributed by atoms with Gasteiger partial charge in [-0.15, -0.1) is 11.3 Å². The lowest BCUT2D eigenvalue weighted by molar-refractivity contribution is 0.0601. The van der Waals surface area contributed by atoms with E-state index in [2.05, 4.69) is 10.6 Å². The van der Waals surface area contributed by atoms with Crippen LogP contribution in [0.5, 0.6) is 0 Å². The van der Waals surface area contributed by atoms with Crippen LogP contribution in [0.25, 0.3) is 0 Å². The van der Waals surface area contributed by atoms with E-state index >= 15 is 0 Å². The number of aryl methyl sites for hydroxylation is 1. The minimum atomic E-state index is -0.544. The first-order valence-corrected chi connectivity index (χ1v) is 9.43. The summed E-state index contributed by atoms with van der Waals surface area (Å²) < 4.78 is 4.95. The van der Waals surface area contributed by atoms with Crippen LogP contribution in [0.2, 0.25) is 0 Å². The van der Waals surface area contributed by atoms with Crippen LogP contribution in [0, 0.1) is 0 Å². The Hall–Kier alpha value is -2.45. The number of nitrogens with one attached hydrogen (secondary N) is 2. The molecule has 26 heavy (non-hydrogen) atoms. The molecule has 0 saturated carbocycles. The minimum absolute atomic E-state index is 0.280. The highest BCUT2D eigenvalue weighted by atomic mass is 32.1. The highest BCUT2D eigenvalue weighted by molar-refractivity contribution is 7.80. The number of anilines is 2. The lowest BCUT2D eigenvalue weighted by Crippen LogP contribution is -2.23. The van der Waals surface area contributed by atoms with Crippen molar-refractivity contribution in [3.63, 3.8) is 0 Å². The second kappa shape index (κ2) is 7.84. The van der Waals surface area contributed by atoms with Gasteiger partial charge >= 0.3 is 5.97 Å². The van der Waals surface area contributed by atoms with Gasteiger partial charge in [0.2, 0.25) is 0 Å². The van der Waals surface area contributed by atoms with Gasteiger partial charge in [0.05, 0.1) is 23.9 Å². The molecule has 0 spiro atoms. The zero-order valence-corrected chi connectivity index (χ0v) is 15.9. The second-order valence-electron chi connectivity index (χ2n) is 5.90. The molecule has 1 amide bonds. The van der Waals surface area contributed by atoms with Gasteiger partial charge in [-0.25, -0.2) is 4.79 Å². The minimum Gasteiger partial charge on any atom is -0.465 e. The molecule has 3 rings (SSSR count). The number of ether oxygens (including phenoxy) is 1. The van der Waals surface area contributed by atoms with E-state index < -0.39 is 5.91 Å². The van der Waals surface area contributed by atoms with Crippen molar-refractivity contribution in [2.24, 2.45) is 5.73 Å². The van der Waals surface area contributed by atoms with Crippen molar-refractivity contribution in [1.29, 1.82) is 0 Å². The van der Waals surface area contributed by atoms with Crippen molar-refractivity contribution < 1.29 is 14.3 Å². The van der Waals surface area contributed by atoms with E-state index in [4.69, 9.17) is 22.7 Å². The highest BCUT2D eigenvalue weighted by Crippen LogP contribution is 2.38. The number of nitrogens with two attached hydrogens (primary N) is 1. The first kappa shape index (κ1) is 18.3. The number of rotatable bonds is 4. The Bertz CT molecular complexity index is 877. The fourth-order valence-electron chi connectivity index (χ4n) is 3.04. The summed E-state index contributed by atoms with van der Waals surface area (Å²) >= 11 is 6.89. The number of methoxy groups -OCH3 is 1. The highest BCUT2D eigenvalue weighted by Gasteiger charge is 2.26. The molecule has 0 radical (unpaired) electrons. The van der Waals surface area contributed by atoms with Crippen LogP contribution in [0.3, 0.4) is 0 Å². The predicted octanol–water partition coefficient (Wildman–Crippen LogP) is 3.32. The number of amides is 1. The summed E-state index contributed by atoms with van der Waals surface area (Å²) in [6.07, 6.45) is 3.99. The molecular weight excluding hydrogens is 370 g/mol. The standard InChI is InChI=1S/C18H19N3O3S2/c1-24-17(23)14-11-7-3-5-9-13(11)26-16(14)21-18(25)20-12-8-4-2-6-10(12)15(19)22/h2,4,6,8H,3,5,7,9H2,1H3,(H2,19,22)(H2,20,21,25). The monoisotopic (exact) mass is 389 g/mol. The zero-order chi connectivity index (χ0) is 18.7. The topological polar surface area (TPSA) is 93.4 Å². The van der Waals surface area contributed by atoms with Crippen LogP contribution < -0.4 is 16.4 Å². The van der Waals surface area contributed by atoms with Gasteiger partial charge in [0.15, 0.2) is 5.11 Å². The number of esters is 1. The van der Waals surface area contributed by atoms with Gasteiger partial charge in [-0.1, -0.05) is 12.1 Å². The Morgan fingerprint density at radius 3 is 2.65 bits per heavy atom. The summed E-state index contributed by atoms with van der Waals surface area (Å²) in [5, 5.41) is 7.01. The van der Waals surface area contributed by atoms with Crippen molar-refractivity contribution >= 4 is 51.2 Å². The van der Waals surface area contributed by atoms with Crippen LogP contribution in [0.4, 0.5) is 10.7 Å². The summed E-state index contributed by atoms with van der Waals surface area (Å²) in [5.41, 5.74) is 7.85. The number of thiocarbonyl (C=S) groups is 1. The molecule has 1 aliphatic carbocycles. The van der Waals surface area contributed by atoms with Gasteiger partial charge in [-0.05, 0) is 55.6 Å². The first-order valence-electron chi connectivity index (χ1n) is 8.21. The summed E-state index contributed by atoms with van der Waals surface area (Å²) in [7, 11) is 1.37. The second-order valence-corrected chi connectivity index (χ2v) is 7.41. The van der Waals surface area contributed by atoms with Crippen molar-refractivity contribution in [2.45, 2.75) is 25.7 Å². The number of primary amides is 1. The number of fused-ring (bicyclic) bond motifs is 1. The van der Waals surface area contributed by atoms with Crippen molar-refractivity contribution in [3.05, 3.63) is 45.8 Å². The molecule has 1 heterocycles. The Balaban J connectivity index is 1.85. The van der Waals surface area contributed by atoms with Gasteiger partial charge in [-0.2, -0.15) is 0 Å². The molecule has 0 bridgehead atoms. The van der Waals surface area contributed by atoms with Gasteiger partial charge in [0.1, 0.15) is 5.00 Å². The Labute approximate surface area is 160 Å². The molecule has 2 aromatic rings. The maximum absolute atomic E-state index is 12.3. The number of para-hydroxylation sites is 1. The summed E-state index contributed by atoms with van der Waals surface area (Å²) in [4.78, 5) is 25.0. The van der Waals surface area contributed by atoms with Crippen molar-refractivity contribution in [3.8, 4) is 0 Å². The molecule has 1 aromatic carbocycles. The third kappa shape index (κ3) is 3.71. The van der Waals surface area contributed by atoms with Gasteiger partial charge in [0, 0.05) is 4.88 Å². The number of carbonyl (C=O) groups is 2. The number of benzene rings is 1. The summed E-state index contributed by atoms with van der Waals surface area (Å²) in [5.74, 6) is -0.912. The van der Waals surface area contributed by atoms with Crippen LogP contribution in [-0.4, -0.2) is 24.1 Å². The number of thiophene rings is 1. The molecule has 0 unspecified atom stereocenters. The summed E-state index contributed by atoms with van der Waals surface area (Å²) in [6, 6.07) is 6.84. The molecule has 0 fully saturated rings. The number of hydrogen-bond donors (Lipinski definition) is 3. The molecule has 0 atom stereocenters. The smallest absolute Gasteiger partial charge is 0.341 e. The van der Waals surface area contributed by atoms with Gasteiger partial charge < -0.3 is 21.1 Å². The molecule has 8 heteroatoms. The third-order valence-corrected chi connectivity index (χ3v) is 5.64. The van der Waals surface area contributed by atoms with Crippen LogP contribution in [0.15, 0.2) is 24.3 Å². The average Bonchev–Trinajstić information content (AvgIpc) is 2.98. The van der Waals surface area contributed by atoms with E-state index in [9.17, 15) is 9.59 Å². The SMILES string of the molecule is COC(=O)c1c(NC(=S)Nc2ccccc2C(N)=O)sc2c1CCCC2. The molecule has 6 nitrogen and oxygen atoms in total. The lowest BCUT2D eigenvalue weighted by atomic mass is 9.95. The normalized spacial score (nSPS) is 12.8. The van der Waals surface area contributed by atoms with Gasteiger partial charge in [0.25, 0.3) is 5.91 Å². The lowest BCUT2D eigenvalue weighted by Gasteiger charge is -2.13. The van der Waals surface area contributed by atoms with E-state index in [0.717, 1.165) is 31.2 Å². The Morgan fingerprint density at radius 2 is 1.92 bits per heavy atom. The van der Waals surface area contributed by atoms with Crippen molar-refractivity contribution in [1.82, 2.24) is 0 Å². The van der Waals surface area contributed by atoms with Crippen molar-refractivity contribution in [2.75, 3.05) is 17.7 Å². The predicted molar refractivity (Wildman–Crippen MR) is 107 cm³/mol. The maximum Gasteiger partial charge on any atom is 0.341 e. The van der Waals surface area contributed by atoms with Crippen LogP contribution in [0.1, 0.15) is 44.0 Å². The largest absolute Gasteiger partial charge is 0.465 e. The van der Waals surface area contributed by atoms with Gasteiger partial charge in [-0.3, -0.25) is 4.79 Å². The number of hydrogen-bond acceptors (Lipinski definition) is 5. The first-order chi connectivity index (χ1) is 12.5. The molecule has 1 aliphatic rings. The van der Waals surface area contributed by atoms with Crippen LogP contribution >= 0.6 is 23.6 Å². The van der Waals surface area contributed by atoms with E-state index in [0.29, 0.717) is 21.8 Å². The molecule has 1 aromatic heterocycles. The summed E-state index contributed by atoms with van der Waals surface area (Å²) in [6.45, 7) is 0. The maximum atomic E-state index is 12.3. The van der Waals surface area contributed by atoms with E-state index in [1.165, 1.54) is 23.3 Å². The molecular formula is C18H19N3O3S2. The molecule has 136 valence electrons. The quantitative estimate of drug-likeness (QED) is 0.549. The van der Waals surface area contributed by atoms with E-state index in [1.54, 1.807) is 24.3 Å². The molecule has 0 saturated heterocycles.